The first kappa shape index (κ1) is 21.7. The zero-order valence-corrected chi connectivity index (χ0v) is 19.2. The van der Waals surface area contributed by atoms with E-state index in [1.54, 1.807) is 0 Å². The third kappa shape index (κ3) is 3.56. The Labute approximate surface area is 173 Å². The van der Waals surface area contributed by atoms with Gasteiger partial charge in [0.2, 0.25) is 0 Å². The largest absolute Gasteiger partial charge is 0.505 e. The Bertz CT molecular complexity index is 839. The van der Waals surface area contributed by atoms with E-state index in [4.69, 9.17) is 4.99 Å². The Kier molecular flexibility index (Phi) is 6.04. The van der Waals surface area contributed by atoms with Gasteiger partial charge in [0.25, 0.3) is 0 Å². The van der Waals surface area contributed by atoms with Crippen molar-refractivity contribution in [2.75, 3.05) is 0 Å². The predicted octanol–water partition coefficient (Wildman–Crippen LogP) is 6.17. The molecule has 2 aliphatic rings. The van der Waals surface area contributed by atoms with E-state index in [9.17, 15) is 13.9 Å². The van der Waals surface area contributed by atoms with Crippen molar-refractivity contribution in [3.8, 4) is 5.75 Å². The van der Waals surface area contributed by atoms with Crippen molar-refractivity contribution in [2.24, 2.45) is 10.9 Å². The van der Waals surface area contributed by atoms with Crippen LogP contribution in [-0.4, -0.2) is 30.3 Å². The molecule has 0 radical (unpaired) electrons. The van der Waals surface area contributed by atoms with E-state index in [2.05, 4.69) is 58.4 Å². The molecule has 6 heteroatoms. The van der Waals surface area contributed by atoms with Gasteiger partial charge in [-0.25, -0.2) is 8.78 Å². The average Bonchev–Trinajstić information content (AvgIpc) is 2.98. The Morgan fingerprint density at radius 1 is 1.03 bits per heavy atom. The number of dihydropyridines is 1. The molecule has 0 amide bonds. The van der Waals surface area contributed by atoms with Crippen molar-refractivity contribution < 1.29 is 13.9 Å². The Morgan fingerprint density at radius 3 is 2.24 bits per heavy atom. The topological polar surface area (TPSA) is 35.8 Å². The van der Waals surface area contributed by atoms with Gasteiger partial charge in [0.15, 0.2) is 19.8 Å². The Hall–Kier alpha value is -1.95. The van der Waals surface area contributed by atoms with E-state index in [0.29, 0.717) is 23.0 Å². The summed E-state index contributed by atoms with van der Waals surface area (Å²) >= 11 is 0. The van der Waals surface area contributed by atoms with E-state index in [1.165, 1.54) is 0 Å². The zero-order valence-electron chi connectivity index (χ0n) is 18.2. The highest BCUT2D eigenvalue weighted by Gasteiger charge is 2.53. The van der Waals surface area contributed by atoms with Crippen LogP contribution in [0.2, 0.25) is 16.6 Å². The van der Waals surface area contributed by atoms with E-state index in [-0.39, 0.29) is 17.6 Å². The molecule has 3 nitrogen and oxygen atoms in total. The minimum Gasteiger partial charge on any atom is -0.505 e. The molecule has 29 heavy (non-hydrogen) atoms. The van der Waals surface area contributed by atoms with Crippen molar-refractivity contribution in [1.82, 2.24) is 4.57 Å². The highest BCUT2D eigenvalue weighted by Crippen LogP contribution is 2.49. The van der Waals surface area contributed by atoms with Gasteiger partial charge in [-0.15, -0.1) is 0 Å². The molecule has 2 aliphatic heterocycles. The summed E-state index contributed by atoms with van der Waals surface area (Å²) in [6.07, 6.45) is 8.40. The van der Waals surface area contributed by atoms with Gasteiger partial charge in [0.1, 0.15) is 12.0 Å². The van der Waals surface area contributed by atoms with Crippen molar-refractivity contribution in [1.29, 1.82) is 0 Å². The quantitative estimate of drug-likeness (QED) is 0.561. The first-order valence-corrected chi connectivity index (χ1v) is 12.6. The number of halogens is 2. The zero-order chi connectivity index (χ0) is 21.5. The van der Waals surface area contributed by atoms with Crippen molar-refractivity contribution in [3.05, 3.63) is 53.3 Å². The molecule has 0 fully saturated rings. The van der Waals surface area contributed by atoms with E-state index >= 15 is 0 Å². The van der Waals surface area contributed by atoms with Crippen LogP contribution in [0, 0.1) is 17.6 Å². The van der Waals surface area contributed by atoms with E-state index in [1.807, 2.05) is 12.3 Å². The number of benzene rings is 1. The second kappa shape index (κ2) is 8.05. The summed E-state index contributed by atoms with van der Waals surface area (Å²) < 4.78 is 30.8. The number of hydrogen-bond acceptors (Lipinski definition) is 3. The Morgan fingerprint density at radius 2 is 1.66 bits per heavy atom. The SMILES string of the molecule is CC(C)[Si](C(C)C)(C(C)C)N1C=C(Cc2cc(F)c(O)cc2F)C2C=CC=NC21. The monoisotopic (exact) mass is 418 g/mol. The molecule has 3 rings (SSSR count). The van der Waals surface area contributed by atoms with Gasteiger partial charge < -0.3 is 9.67 Å². The maximum atomic E-state index is 14.4. The van der Waals surface area contributed by atoms with Gasteiger partial charge in [-0.1, -0.05) is 47.6 Å². The molecule has 1 aromatic rings. The fourth-order valence-corrected chi connectivity index (χ4v) is 12.6. The maximum Gasteiger partial charge on any atom is 0.166 e. The molecular weight excluding hydrogens is 386 g/mol. The number of aliphatic imine (C=N–C) groups is 1. The van der Waals surface area contributed by atoms with Gasteiger partial charge in [0, 0.05) is 18.2 Å². The van der Waals surface area contributed by atoms with Crippen LogP contribution in [0.3, 0.4) is 0 Å². The molecule has 0 saturated carbocycles. The summed E-state index contributed by atoms with van der Waals surface area (Å²) in [4.78, 5) is 4.82. The lowest BCUT2D eigenvalue weighted by molar-refractivity contribution is 0.374. The van der Waals surface area contributed by atoms with Crippen LogP contribution in [0.1, 0.15) is 47.1 Å². The van der Waals surface area contributed by atoms with Crippen LogP contribution in [0.4, 0.5) is 8.78 Å². The standard InChI is InChI=1S/C23H32F2N2OSi/c1-14(2)29(15(3)4,16(5)6)27-13-18(19-8-7-9-26-23(19)27)10-17-11-21(25)22(28)12-20(17)24/h7-9,11-16,19,23,28H,10H2,1-6H3. The van der Waals surface area contributed by atoms with Crippen LogP contribution in [-0.2, 0) is 6.42 Å². The van der Waals surface area contributed by atoms with Gasteiger partial charge in [0.05, 0.1) is 0 Å². The average molecular weight is 419 g/mol. The number of phenols is 1. The molecule has 1 aromatic carbocycles. The molecule has 0 aromatic heterocycles. The summed E-state index contributed by atoms with van der Waals surface area (Å²) in [5.74, 6) is -1.97. The van der Waals surface area contributed by atoms with Crippen LogP contribution in [0.5, 0.6) is 5.75 Å². The molecule has 1 N–H and O–H groups in total. The van der Waals surface area contributed by atoms with E-state index in [0.717, 1.165) is 17.7 Å². The normalized spacial score (nSPS) is 21.5. The number of phenolic OH excluding ortho intramolecular Hbond substituents is 1. The summed E-state index contributed by atoms with van der Waals surface area (Å²) in [5, 5.41) is 9.44. The molecule has 2 unspecified atom stereocenters. The molecule has 0 bridgehead atoms. The number of aromatic hydroxyl groups is 1. The number of allylic oxidation sites excluding steroid dienone is 1. The lowest BCUT2D eigenvalue weighted by atomic mass is 9.92. The minimum atomic E-state index is -1.99. The second-order valence-electron chi connectivity index (χ2n) is 9.16. The van der Waals surface area contributed by atoms with Gasteiger partial charge >= 0.3 is 0 Å². The molecule has 2 atom stereocenters. The fraction of sp³-hybridized carbons (Fsp3) is 0.522. The second-order valence-corrected chi connectivity index (χ2v) is 14.9. The molecule has 0 saturated heterocycles. The van der Waals surface area contributed by atoms with Gasteiger partial charge in [-0.3, -0.25) is 4.99 Å². The van der Waals surface area contributed by atoms with Crippen molar-refractivity contribution >= 4 is 14.5 Å². The first-order chi connectivity index (χ1) is 13.6. The summed E-state index contributed by atoms with van der Waals surface area (Å²) in [6, 6.07) is 1.97. The highest BCUT2D eigenvalue weighted by molar-refractivity contribution is 6.81. The lowest BCUT2D eigenvalue weighted by Crippen LogP contribution is -2.60. The third-order valence-corrected chi connectivity index (χ3v) is 13.6. The smallest absolute Gasteiger partial charge is 0.166 e. The number of nitrogens with zero attached hydrogens (tertiary/aromatic N) is 2. The van der Waals surface area contributed by atoms with Crippen LogP contribution >= 0.6 is 0 Å². The fourth-order valence-electron chi connectivity index (χ4n) is 5.73. The predicted molar refractivity (Wildman–Crippen MR) is 118 cm³/mol. The number of fused-ring (bicyclic) bond motifs is 1. The van der Waals surface area contributed by atoms with Gasteiger partial charge in [-0.05, 0) is 52.5 Å². The number of hydrogen-bond donors (Lipinski definition) is 1. The van der Waals surface area contributed by atoms with Crippen LogP contribution < -0.4 is 0 Å². The first-order valence-electron chi connectivity index (χ1n) is 10.5. The molecule has 0 spiro atoms. The van der Waals surface area contributed by atoms with Crippen molar-refractivity contribution in [2.45, 2.75) is 70.8 Å². The number of rotatable bonds is 6. The summed E-state index contributed by atoms with van der Waals surface area (Å²) in [6.45, 7) is 13.9. The van der Waals surface area contributed by atoms with Gasteiger partial charge in [-0.2, -0.15) is 0 Å². The highest BCUT2D eigenvalue weighted by atomic mass is 28.3. The minimum absolute atomic E-state index is 0.0149. The van der Waals surface area contributed by atoms with Crippen LogP contribution in [0.15, 0.2) is 41.1 Å². The summed E-state index contributed by atoms with van der Waals surface area (Å²) in [5.41, 5.74) is 2.86. The molecule has 0 aliphatic carbocycles. The molecule has 2 heterocycles. The maximum absolute atomic E-state index is 14.4. The van der Waals surface area contributed by atoms with E-state index < -0.39 is 25.6 Å². The Balaban J connectivity index is 2.07. The van der Waals surface area contributed by atoms with Crippen LogP contribution in [0.25, 0.3) is 0 Å². The molecule has 158 valence electrons. The lowest BCUT2D eigenvalue weighted by Gasteiger charge is -2.52. The third-order valence-electron chi connectivity index (χ3n) is 6.71. The van der Waals surface area contributed by atoms with Crippen molar-refractivity contribution in [3.63, 3.8) is 0 Å². The molecular formula is C23H32F2N2OSi. The summed E-state index contributed by atoms with van der Waals surface area (Å²) in [7, 11) is -1.99.